The Balaban J connectivity index is 0.000000582. The van der Waals surface area contributed by atoms with E-state index in [0.717, 1.165) is 63.8 Å². The van der Waals surface area contributed by atoms with Gasteiger partial charge in [0.1, 0.15) is 11.5 Å². The van der Waals surface area contributed by atoms with Crippen LogP contribution in [0.4, 0.5) is 13.2 Å². The van der Waals surface area contributed by atoms with Crippen LogP contribution in [0.1, 0.15) is 34.4 Å². The molecule has 1 N–H and O–H groups in total. The molecule has 0 aliphatic carbocycles. The summed E-state index contributed by atoms with van der Waals surface area (Å²) in [5.41, 5.74) is 4.96. The third-order valence-electron chi connectivity index (χ3n) is 7.72. The molecule has 0 radical (unpaired) electrons. The lowest BCUT2D eigenvalue weighted by Crippen LogP contribution is -2.38. The first-order valence-corrected chi connectivity index (χ1v) is 18.3. The van der Waals surface area contributed by atoms with Gasteiger partial charge in [0.15, 0.2) is 9.84 Å². The SMILES string of the molecule is Cc1onc(-c2cccc(-c3cccc(S(C)(=O)=O)c3)c2)c1-c1csc(C2CCN(C(=O)Cc3cccs3)CC2)n1.O=C(O)C(F)(F)F. The first-order chi connectivity index (χ1) is 22.7. The van der Waals surface area contributed by atoms with E-state index in [2.05, 4.69) is 10.5 Å². The highest BCUT2D eigenvalue weighted by Gasteiger charge is 2.38. The Morgan fingerprint density at radius 1 is 1.00 bits per heavy atom. The molecule has 0 saturated carbocycles. The van der Waals surface area contributed by atoms with Crippen LogP contribution >= 0.6 is 22.7 Å². The summed E-state index contributed by atoms with van der Waals surface area (Å²) in [6.45, 7) is 3.38. The Hall–Kier alpha value is -4.34. The summed E-state index contributed by atoms with van der Waals surface area (Å²) in [4.78, 5) is 30.0. The molecule has 2 aromatic carbocycles. The molecular formula is C33H30F3N3O6S3. The molecule has 1 aliphatic heterocycles. The number of aryl methyl sites for hydroxylation is 1. The van der Waals surface area contributed by atoms with E-state index in [4.69, 9.17) is 19.4 Å². The number of carbonyl (C=O) groups excluding carboxylic acids is 1. The molecule has 3 aromatic heterocycles. The molecule has 252 valence electrons. The number of amides is 1. The fraction of sp³-hybridized carbons (Fsp3) is 0.273. The van der Waals surface area contributed by atoms with Crippen LogP contribution < -0.4 is 0 Å². The van der Waals surface area contributed by atoms with Gasteiger partial charge in [-0.2, -0.15) is 13.2 Å². The van der Waals surface area contributed by atoms with Gasteiger partial charge in [0.2, 0.25) is 5.91 Å². The quantitative estimate of drug-likeness (QED) is 0.183. The van der Waals surface area contributed by atoms with Crippen LogP contribution in [0.5, 0.6) is 0 Å². The van der Waals surface area contributed by atoms with Crippen LogP contribution in [0.25, 0.3) is 33.6 Å². The van der Waals surface area contributed by atoms with Crippen LogP contribution in [-0.2, 0) is 25.8 Å². The summed E-state index contributed by atoms with van der Waals surface area (Å²) in [5, 5.41) is 16.7. The number of halogens is 3. The fourth-order valence-electron chi connectivity index (χ4n) is 5.26. The van der Waals surface area contributed by atoms with E-state index in [0.29, 0.717) is 23.8 Å². The zero-order valence-electron chi connectivity index (χ0n) is 25.7. The van der Waals surface area contributed by atoms with Gasteiger partial charge in [-0.3, -0.25) is 4.79 Å². The van der Waals surface area contributed by atoms with E-state index in [-0.39, 0.29) is 10.8 Å². The molecule has 4 heterocycles. The molecule has 0 unspecified atom stereocenters. The number of benzene rings is 2. The van der Waals surface area contributed by atoms with Gasteiger partial charge in [-0.15, -0.1) is 22.7 Å². The molecule has 1 amide bonds. The van der Waals surface area contributed by atoms with Crippen molar-refractivity contribution >= 4 is 44.4 Å². The second-order valence-electron chi connectivity index (χ2n) is 11.1. The van der Waals surface area contributed by atoms with Gasteiger partial charge < -0.3 is 14.5 Å². The lowest BCUT2D eigenvalue weighted by atomic mass is 9.97. The van der Waals surface area contributed by atoms with E-state index in [1.807, 2.05) is 59.7 Å². The largest absolute Gasteiger partial charge is 0.490 e. The highest BCUT2D eigenvalue weighted by Crippen LogP contribution is 2.39. The number of rotatable bonds is 7. The number of carboxylic acids is 1. The summed E-state index contributed by atoms with van der Waals surface area (Å²) >= 11 is 3.27. The van der Waals surface area contributed by atoms with Crippen molar-refractivity contribution in [2.75, 3.05) is 19.3 Å². The number of carboxylic acid groups (broad SMARTS) is 1. The Labute approximate surface area is 282 Å². The van der Waals surface area contributed by atoms with Crippen LogP contribution in [0.2, 0.25) is 0 Å². The average molecular weight is 718 g/mol. The molecule has 15 heteroatoms. The Bertz CT molecular complexity index is 2010. The van der Waals surface area contributed by atoms with Crippen molar-refractivity contribution in [3.8, 4) is 33.6 Å². The van der Waals surface area contributed by atoms with Crippen molar-refractivity contribution in [2.24, 2.45) is 0 Å². The topological polar surface area (TPSA) is 131 Å². The predicted octanol–water partition coefficient (Wildman–Crippen LogP) is 7.49. The van der Waals surface area contributed by atoms with Gasteiger partial charge in [0, 0.05) is 41.1 Å². The normalized spacial score (nSPS) is 14.0. The van der Waals surface area contributed by atoms with Crippen LogP contribution in [0, 0.1) is 6.92 Å². The van der Waals surface area contributed by atoms with Gasteiger partial charge in [0.05, 0.1) is 27.6 Å². The summed E-state index contributed by atoms with van der Waals surface area (Å²) in [6.07, 6.45) is -1.60. The number of aromatic nitrogens is 2. The number of aliphatic carboxylic acids is 1. The van der Waals surface area contributed by atoms with E-state index in [1.54, 1.807) is 40.9 Å². The minimum absolute atomic E-state index is 0.195. The smallest absolute Gasteiger partial charge is 0.475 e. The Kier molecular flexibility index (Phi) is 10.5. The van der Waals surface area contributed by atoms with Gasteiger partial charge in [-0.05, 0) is 60.5 Å². The number of thiazole rings is 1. The minimum Gasteiger partial charge on any atom is -0.475 e. The predicted molar refractivity (Wildman–Crippen MR) is 177 cm³/mol. The summed E-state index contributed by atoms with van der Waals surface area (Å²) in [5.74, 6) is -1.56. The third kappa shape index (κ3) is 8.38. The molecular weight excluding hydrogens is 688 g/mol. The van der Waals surface area contributed by atoms with Gasteiger partial charge in [-0.1, -0.05) is 41.6 Å². The van der Waals surface area contributed by atoms with E-state index in [9.17, 15) is 26.4 Å². The maximum absolute atomic E-state index is 12.7. The number of alkyl halides is 3. The van der Waals surface area contributed by atoms with Crippen LogP contribution in [-0.4, -0.2) is 66.0 Å². The number of carbonyl (C=O) groups is 2. The summed E-state index contributed by atoms with van der Waals surface area (Å²) in [6, 6.07) is 18.8. The number of hydrogen-bond donors (Lipinski definition) is 1. The molecule has 0 atom stereocenters. The standard InChI is InChI=1S/C31H29N3O4S3.C2HF3O2/c1-20-29(27-19-40-31(32-27)21-11-13-34(14-12-21)28(35)18-25-9-5-15-39-25)30(33-38-20)24-8-3-6-22(16-24)23-7-4-10-26(17-23)41(2,36)37;3-2(4,5)1(6)7/h3-10,15-17,19,21H,11-14,18H2,1-2H3;(H,6,7). The van der Waals surface area contributed by atoms with E-state index < -0.39 is 22.0 Å². The molecule has 1 fully saturated rings. The number of sulfone groups is 1. The Morgan fingerprint density at radius 2 is 1.65 bits per heavy atom. The maximum atomic E-state index is 12.7. The lowest BCUT2D eigenvalue weighted by molar-refractivity contribution is -0.192. The summed E-state index contributed by atoms with van der Waals surface area (Å²) in [7, 11) is -3.31. The molecule has 9 nitrogen and oxygen atoms in total. The average Bonchev–Trinajstić information content (AvgIpc) is 3.82. The molecule has 5 aromatic rings. The molecule has 0 spiro atoms. The summed E-state index contributed by atoms with van der Waals surface area (Å²) < 4.78 is 61.5. The van der Waals surface area contributed by atoms with Crippen molar-refractivity contribution in [3.63, 3.8) is 0 Å². The van der Waals surface area contributed by atoms with Gasteiger partial charge >= 0.3 is 12.1 Å². The number of hydrogen-bond acceptors (Lipinski definition) is 9. The molecule has 1 aliphatic rings. The molecule has 0 bridgehead atoms. The molecule has 1 saturated heterocycles. The van der Waals surface area contributed by atoms with Crippen molar-refractivity contribution in [1.82, 2.24) is 15.0 Å². The zero-order chi connectivity index (χ0) is 34.6. The zero-order valence-corrected chi connectivity index (χ0v) is 28.2. The highest BCUT2D eigenvalue weighted by atomic mass is 32.2. The van der Waals surface area contributed by atoms with Crippen molar-refractivity contribution in [2.45, 2.75) is 43.2 Å². The van der Waals surface area contributed by atoms with Crippen molar-refractivity contribution < 1.29 is 40.8 Å². The number of nitrogens with zero attached hydrogens (tertiary/aromatic N) is 3. The van der Waals surface area contributed by atoms with Crippen molar-refractivity contribution in [3.05, 3.63) is 87.1 Å². The lowest BCUT2D eigenvalue weighted by Gasteiger charge is -2.31. The van der Waals surface area contributed by atoms with E-state index >= 15 is 0 Å². The number of likely N-dealkylation sites (tertiary alicyclic amines) is 1. The molecule has 6 rings (SSSR count). The first kappa shape index (κ1) is 35.0. The molecule has 48 heavy (non-hydrogen) atoms. The van der Waals surface area contributed by atoms with Crippen molar-refractivity contribution in [1.29, 1.82) is 0 Å². The van der Waals surface area contributed by atoms with Crippen LogP contribution in [0.15, 0.2) is 80.8 Å². The first-order valence-electron chi connectivity index (χ1n) is 14.6. The van der Waals surface area contributed by atoms with Gasteiger partial charge in [0.25, 0.3) is 0 Å². The monoisotopic (exact) mass is 717 g/mol. The second kappa shape index (κ2) is 14.4. The third-order valence-corrected chi connectivity index (χ3v) is 10.7. The number of thiophene rings is 1. The number of piperidine rings is 1. The second-order valence-corrected chi connectivity index (χ2v) is 15.1. The van der Waals surface area contributed by atoms with E-state index in [1.165, 1.54) is 6.26 Å². The fourth-order valence-corrected chi connectivity index (χ4v) is 7.61. The Morgan fingerprint density at radius 3 is 2.27 bits per heavy atom. The van der Waals surface area contributed by atoms with Crippen LogP contribution in [0.3, 0.4) is 0 Å². The maximum Gasteiger partial charge on any atom is 0.490 e. The highest BCUT2D eigenvalue weighted by molar-refractivity contribution is 7.90. The minimum atomic E-state index is -5.08. The van der Waals surface area contributed by atoms with Gasteiger partial charge in [-0.25, -0.2) is 18.2 Å².